The molecule has 4 heteroatoms. The predicted octanol–water partition coefficient (Wildman–Crippen LogP) is 3.49. The van der Waals surface area contributed by atoms with Crippen LogP contribution in [0, 0.1) is 11.6 Å². The largest absolute Gasteiger partial charge is 0.311 e. The molecule has 1 N–H and O–H groups in total. The molecule has 1 saturated heterocycles. The molecule has 1 aliphatic heterocycles. The maximum atomic E-state index is 13.4. The summed E-state index contributed by atoms with van der Waals surface area (Å²) in [7, 11) is 0. The molecule has 0 radical (unpaired) electrons. The third kappa shape index (κ3) is 3.36. The molecule has 2 rings (SSSR count). The van der Waals surface area contributed by atoms with Crippen LogP contribution in [0.3, 0.4) is 0 Å². The minimum atomic E-state index is -0.498. The Balaban J connectivity index is 2.21. The van der Waals surface area contributed by atoms with E-state index in [9.17, 15) is 8.78 Å². The van der Waals surface area contributed by atoms with Crippen molar-refractivity contribution >= 4 is 0 Å². The number of hydrogen-bond donors (Lipinski definition) is 1. The molecule has 20 heavy (non-hydrogen) atoms. The molecule has 1 aromatic rings. The molecule has 0 aromatic heterocycles. The summed E-state index contributed by atoms with van der Waals surface area (Å²) in [5, 5.41) is 3.54. The first kappa shape index (κ1) is 15.4. The summed E-state index contributed by atoms with van der Waals surface area (Å²) >= 11 is 0. The second kappa shape index (κ2) is 6.64. The van der Waals surface area contributed by atoms with E-state index in [1.165, 1.54) is 12.1 Å². The minimum absolute atomic E-state index is 0.0290. The highest BCUT2D eigenvalue weighted by atomic mass is 19.1. The predicted molar refractivity (Wildman–Crippen MR) is 77.6 cm³/mol. The fraction of sp³-hybridized carbons (Fsp3) is 0.625. The van der Waals surface area contributed by atoms with Crippen molar-refractivity contribution < 1.29 is 8.78 Å². The summed E-state index contributed by atoms with van der Waals surface area (Å²) in [5.74, 6) is -0.996. The van der Waals surface area contributed by atoms with Crippen LogP contribution in [0.1, 0.15) is 45.2 Å². The van der Waals surface area contributed by atoms with E-state index in [0.29, 0.717) is 12.1 Å². The van der Waals surface area contributed by atoms with Gasteiger partial charge in [-0.3, -0.25) is 4.90 Å². The van der Waals surface area contributed by atoms with Gasteiger partial charge in [-0.05, 0) is 37.5 Å². The molecular formula is C16H24F2N2. The standard InChI is InChI=1S/C16H24F2N2/c1-4-15-10-20(16(5-2)9-19-15)11(3)12-6-13(17)8-14(18)7-12/h6-8,11,15-16,19H,4-5,9-10H2,1-3H3. The van der Waals surface area contributed by atoms with Crippen LogP contribution in [0.2, 0.25) is 0 Å². The van der Waals surface area contributed by atoms with Gasteiger partial charge >= 0.3 is 0 Å². The first-order valence-electron chi connectivity index (χ1n) is 7.50. The zero-order valence-electron chi connectivity index (χ0n) is 12.5. The lowest BCUT2D eigenvalue weighted by Gasteiger charge is -2.43. The van der Waals surface area contributed by atoms with Gasteiger partial charge in [-0.15, -0.1) is 0 Å². The van der Waals surface area contributed by atoms with E-state index in [2.05, 4.69) is 24.1 Å². The van der Waals surface area contributed by atoms with Crippen molar-refractivity contribution in [1.29, 1.82) is 0 Å². The van der Waals surface area contributed by atoms with Crippen molar-refractivity contribution in [2.45, 2.75) is 51.7 Å². The third-order valence-corrected chi connectivity index (χ3v) is 4.37. The summed E-state index contributed by atoms with van der Waals surface area (Å²) in [6.07, 6.45) is 2.10. The Morgan fingerprint density at radius 3 is 2.40 bits per heavy atom. The lowest BCUT2D eigenvalue weighted by molar-refractivity contribution is 0.0847. The van der Waals surface area contributed by atoms with Crippen LogP contribution in [0.25, 0.3) is 0 Å². The Labute approximate surface area is 120 Å². The number of piperazine rings is 1. The highest BCUT2D eigenvalue weighted by Crippen LogP contribution is 2.27. The highest BCUT2D eigenvalue weighted by Gasteiger charge is 2.30. The average Bonchev–Trinajstić information content (AvgIpc) is 2.44. The van der Waals surface area contributed by atoms with Crippen molar-refractivity contribution in [3.05, 3.63) is 35.4 Å². The molecule has 0 aliphatic carbocycles. The van der Waals surface area contributed by atoms with Gasteiger partial charge in [0.2, 0.25) is 0 Å². The SMILES string of the molecule is CCC1CN(C(C)c2cc(F)cc(F)c2)C(CC)CN1. The lowest BCUT2D eigenvalue weighted by atomic mass is 9.99. The Bertz CT molecular complexity index is 430. The maximum Gasteiger partial charge on any atom is 0.126 e. The number of rotatable bonds is 4. The highest BCUT2D eigenvalue weighted by molar-refractivity contribution is 5.21. The van der Waals surface area contributed by atoms with Crippen LogP contribution in [-0.4, -0.2) is 30.1 Å². The van der Waals surface area contributed by atoms with Gasteiger partial charge in [0, 0.05) is 37.3 Å². The van der Waals surface area contributed by atoms with Crippen molar-refractivity contribution in [2.24, 2.45) is 0 Å². The summed E-state index contributed by atoms with van der Waals surface area (Å²) in [6, 6.07) is 4.73. The Hall–Kier alpha value is -1.00. The zero-order valence-corrected chi connectivity index (χ0v) is 12.5. The first-order chi connectivity index (χ1) is 9.55. The van der Waals surface area contributed by atoms with Crippen molar-refractivity contribution in [1.82, 2.24) is 10.2 Å². The normalized spacial score (nSPS) is 25.6. The fourth-order valence-corrected chi connectivity index (χ4v) is 3.02. The van der Waals surface area contributed by atoms with Gasteiger partial charge in [0.05, 0.1) is 0 Å². The van der Waals surface area contributed by atoms with Crippen LogP contribution in [0.15, 0.2) is 18.2 Å². The Kier molecular flexibility index (Phi) is 5.11. The van der Waals surface area contributed by atoms with E-state index in [1.54, 1.807) is 0 Å². The van der Waals surface area contributed by atoms with Crippen LogP contribution >= 0.6 is 0 Å². The summed E-state index contributed by atoms with van der Waals surface area (Å²) in [4.78, 5) is 2.37. The molecule has 3 unspecified atom stereocenters. The third-order valence-electron chi connectivity index (χ3n) is 4.37. The monoisotopic (exact) mass is 282 g/mol. The van der Waals surface area contributed by atoms with Crippen molar-refractivity contribution in [3.8, 4) is 0 Å². The van der Waals surface area contributed by atoms with E-state index in [-0.39, 0.29) is 6.04 Å². The molecule has 112 valence electrons. The second-order valence-corrected chi connectivity index (χ2v) is 5.65. The molecule has 1 aromatic carbocycles. The lowest BCUT2D eigenvalue weighted by Crippen LogP contribution is -2.56. The molecule has 0 bridgehead atoms. The fourth-order valence-electron chi connectivity index (χ4n) is 3.02. The van der Waals surface area contributed by atoms with Crippen molar-refractivity contribution in [3.63, 3.8) is 0 Å². The van der Waals surface area contributed by atoms with Crippen LogP contribution < -0.4 is 5.32 Å². The number of nitrogens with one attached hydrogen (secondary N) is 1. The molecule has 1 heterocycles. The molecule has 2 nitrogen and oxygen atoms in total. The van der Waals surface area contributed by atoms with E-state index >= 15 is 0 Å². The first-order valence-corrected chi connectivity index (χ1v) is 7.50. The van der Waals surface area contributed by atoms with Crippen LogP contribution in [0.4, 0.5) is 8.78 Å². The number of hydrogen-bond acceptors (Lipinski definition) is 2. The van der Waals surface area contributed by atoms with E-state index in [1.807, 2.05) is 6.92 Å². The van der Waals surface area contributed by atoms with Gasteiger partial charge in [0.1, 0.15) is 11.6 Å². The van der Waals surface area contributed by atoms with Gasteiger partial charge in [0.25, 0.3) is 0 Å². The minimum Gasteiger partial charge on any atom is -0.311 e. The Morgan fingerprint density at radius 2 is 1.85 bits per heavy atom. The number of nitrogens with zero attached hydrogens (tertiary/aromatic N) is 1. The molecule has 0 saturated carbocycles. The summed E-state index contributed by atoms with van der Waals surface area (Å²) in [5.41, 5.74) is 0.720. The van der Waals surface area contributed by atoms with Gasteiger partial charge < -0.3 is 5.32 Å². The molecule has 1 aliphatic rings. The zero-order chi connectivity index (χ0) is 14.7. The molecule has 1 fully saturated rings. The van der Waals surface area contributed by atoms with Gasteiger partial charge in [0.15, 0.2) is 0 Å². The number of halogens is 2. The van der Waals surface area contributed by atoms with Crippen LogP contribution in [-0.2, 0) is 0 Å². The van der Waals surface area contributed by atoms with Crippen LogP contribution in [0.5, 0.6) is 0 Å². The maximum absolute atomic E-state index is 13.4. The summed E-state index contributed by atoms with van der Waals surface area (Å²) < 4.78 is 26.8. The van der Waals surface area contributed by atoms with E-state index < -0.39 is 11.6 Å². The topological polar surface area (TPSA) is 15.3 Å². The molecule has 3 atom stereocenters. The quantitative estimate of drug-likeness (QED) is 0.909. The number of benzene rings is 1. The Morgan fingerprint density at radius 1 is 1.20 bits per heavy atom. The smallest absolute Gasteiger partial charge is 0.126 e. The van der Waals surface area contributed by atoms with Gasteiger partial charge in [-0.2, -0.15) is 0 Å². The molecular weight excluding hydrogens is 258 g/mol. The molecule has 0 amide bonds. The van der Waals surface area contributed by atoms with Crippen molar-refractivity contribution in [2.75, 3.05) is 13.1 Å². The van der Waals surface area contributed by atoms with Gasteiger partial charge in [-0.1, -0.05) is 13.8 Å². The molecule has 0 spiro atoms. The second-order valence-electron chi connectivity index (χ2n) is 5.65. The summed E-state index contributed by atoms with van der Waals surface area (Å²) in [6.45, 7) is 8.22. The van der Waals surface area contributed by atoms with E-state index in [4.69, 9.17) is 0 Å². The van der Waals surface area contributed by atoms with E-state index in [0.717, 1.165) is 37.6 Å². The van der Waals surface area contributed by atoms with Gasteiger partial charge in [-0.25, -0.2) is 8.78 Å². The average molecular weight is 282 g/mol.